The number of carbonyl (C=O) groups excluding carboxylic acids is 2. The van der Waals surface area contributed by atoms with Crippen molar-refractivity contribution in [1.29, 1.82) is 0 Å². The molecule has 6 heteroatoms. The summed E-state index contributed by atoms with van der Waals surface area (Å²) in [6.07, 6.45) is 1.77. The van der Waals surface area contributed by atoms with E-state index in [1.807, 2.05) is 30.3 Å². The Morgan fingerprint density at radius 2 is 1.93 bits per heavy atom. The molecule has 2 heterocycles. The van der Waals surface area contributed by atoms with Crippen molar-refractivity contribution in [1.82, 2.24) is 4.90 Å². The van der Waals surface area contributed by atoms with E-state index in [-0.39, 0.29) is 30.7 Å². The van der Waals surface area contributed by atoms with Crippen LogP contribution in [0.1, 0.15) is 18.4 Å². The zero-order valence-corrected chi connectivity index (χ0v) is 15.6. The fourth-order valence-corrected chi connectivity index (χ4v) is 4.05. The van der Waals surface area contributed by atoms with Crippen LogP contribution in [0.4, 0.5) is 10.1 Å². The second-order valence-corrected chi connectivity index (χ2v) is 7.51. The summed E-state index contributed by atoms with van der Waals surface area (Å²) in [5.74, 6) is -0.454. The maximum absolute atomic E-state index is 13.4. The number of amides is 2. The molecule has 0 aromatic heterocycles. The Morgan fingerprint density at radius 3 is 2.71 bits per heavy atom. The van der Waals surface area contributed by atoms with E-state index in [1.165, 1.54) is 12.1 Å². The lowest BCUT2D eigenvalue weighted by atomic mass is 9.90. The smallest absolute Gasteiger partial charge is 0.253 e. The van der Waals surface area contributed by atoms with Crippen LogP contribution in [0.15, 0.2) is 54.6 Å². The molecule has 4 rings (SSSR count). The molecule has 0 N–H and O–H groups in total. The van der Waals surface area contributed by atoms with Gasteiger partial charge in [-0.05, 0) is 42.7 Å². The fourth-order valence-electron chi connectivity index (χ4n) is 4.05. The first-order valence-electron chi connectivity index (χ1n) is 9.56. The molecule has 1 unspecified atom stereocenters. The maximum atomic E-state index is 13.4. The Hall–Kier alpha value is -2.73. The topological polar surface area (TPSA) is 49.9 Å². The normalized spacial score (nSPS) is 22.5. The van der Waals surface area contributed by atoms with E-state index in [0.29, 0.717) is 25.2 Å². The summed E-state index contributed by atoms with van der Waals surface area (Å²) >= 11 is 0. The van der Waals surface area contributed by atoms with Crippen LogP contribution >= 0.6 is 0 Å². The Morgan fingerprint density at radius 1 is 1.11 bits per heavy atom. The number of hydrogen-bond donors (Lipinski definition) is 0. The number of para-hydroxylation sites is 1. The first kappa shape index (κ1) is 18.6. The number of carbonyl (C=O) groups is 2. The molecule has 146 valence electrons. The lowest BCUT2D eigenvalue weighted by molar-refractivity contribution is -0.153. The molecule has 5 nitrogen and oxygen atoms in total. The molecular weight excluding hydrogens is 359 g/mol. The highest BCUT2D eigenvalue weighted by Crippen LogP contribution is 2.32. The van der Waals surface area contributed by atoms with Crippen LogP contribution < -0.4 is 4.90 Å². The zero-order chi connectivity index (χ0) is 19.6. The lowest BCUT2D eigenvalue weighted by Gasteiger charge is -2.47. The number of rotatable bonds is 3. The van der Waals surface area contributed by atoms with Gasteiger partial charge in [-0.15, -0.1) is 0 Å². The first-order valence-corrected chi connectivity index (χ1v) is 9.56. The molecule has 0 aliphatic carbocycles. The summed E-state index contributed by atoms with van der Waals surface area (Å²) in [5, 5.41) is 0. The molecular formula is C22H23FN2O3. The number of likely N-dealkylation sites (tertiary alicyclic amines) is 1. The van der Waals surface area contributed by atoms with Gasteiger partial charge in [-0.1, -0.05) is 30.3 Å². The molecule has 2 aromatic rings. The molecule has 2 aliphatic rings. The van der Waals surface area contributed by atoms with Gasteiger partial charge in [0, 0.05) is 12.2 Å². The highest BCUT2D eigenvalue weighted by molar-refractivity contribution is 5.95. The highest BCUT2D eigenvalue weighted by atomic mass is 19.1. The second-order valence-electron chi connectivity index (χ2n) is 7.51. The Labute approximate surface area is 163 Å². The minimum absolute atomic E-state index is 0.0147. The zero-order valence-electron chi connectivity index (χ0n) is 15.6. The van der Waals surface area contributed by atoms with Crippen molar-refractivity contribution in [3.05, 3.63) is 66.0 Å². The first-order chi connectivity index (χ1) is 13.5. The van der Waals surface area contributed by atoms with Crippen molar-refractivity contribution in [2.75, 3.05) is 31.1 Å². The number of piperidine rings is 1. The van der Waals surface area contributed by atoms with Gasteiger partial charge >= 0.3 is 0 Å². The second kappa shape index (κ2) is 7.72. The van der Waals surface area contributed by atoms with Crippen LogP contribution in [-0.4, -0.2) is 48.6 Å². The highest BCUT2D eigenvalue weighted by Gasteiger charge is 2.44. The van der Waals surface area contributed by atoms with E-state index in [2.05, 4.69) is 0 Å². The summed E-state index contributed by atoms with van der Waals surface area (Å²) < 4.78 is 19.4. The summed E-state index contributed by atoms with van der Waals surface area (Å²) in [4.78, 5) is 28.7. The molecule has 0 saturated carbocycles. The van der Waals surface area contributed by atoms with Crippen molar-refractivity contribution in [2.24, 2.45) is 0 Å². The number of halogens is 1. The number of nitrogens with zero attached hydrogens (tertiary/aromatic N) is 2. The number of hydrogen-bond acceptors (Lipinski definition) is 3. The SMILES string of the molecule is O=C(Cc1cccc(F)c1)N1CCCC2(C1)CN(c1ccccc1)C(=O)CO2. The van der Waals surface area contributed by atoms with Crippen molar-refractivity contribution >= 4 is 17.5 Å². The van der Waals surface area contributed by atoms with Gasteiger partial charge in [0.15, 0.2) is 0 Å². The Bertz CT molecular complexity index is 873. The number of morpholine rings is 1. The van der Waals surface area contributed by atoms with E-state index in [4.69, 9.17) is 4.74 Å². The minimum Gasteiger partial charge on any atom is -0.361 e. The average molecular weight is 382 g/mol. The van der Waals surface area contributed by atoms with Crippen LogP contribution in [0.25, 0.3) is 0 Å². The third-order valence-corrected chi connectivity index (χ3v) is 5.45. The molecule has 2 amide bonds. The van der Waals surface area contributed by atoms with Crippen molar-refractivity contribution in [3.63, 3.8) is 0 Å². The molecule has 0 radical (unpaired) electrons. The Kier molecular flexibility index (Phi) is 5.13. The van der Waals surface area contributed by atoms with E-state index in [0.717, 1.165) is 18.5 Å². The molecule has 2 aliphatic heterocycles. The number of benzene rings is 2. The molecule has 28 heavy (non-hydrogen) atoms. The summed E-state index contributed by atoms with van der Waals surface area (Å²) in [6, 6.07) is 15.7. The predicted molar refractivity (Wildman–Crippen MR) is 103 cm³/mol. The molecule has 1 atom stereocenters. The standard InChI is InChI=1S/C22H23FN2O3/c23-18-7-4-6-17(12-18)13-20(26)24-11-5-10-22(15-24)16-25(21(27)14-28-22)19-8-2-1-3-9-19/h1-4,6-9,12H,5,10-11,13-16H2. The Balaban J connectivity index is 1.48. The molecule has 2 saturated heterocycles. The van der Waals surface area contributed by atoms with Crippen LogP contribution in [0.3, 0.4) is 0 Å². The third-order valence-electron chi connectivity index (χ3n) is 5.45. The third kappa shape index (κ3) is 3.92. The van der Waals surface area contributed by atoms with Gasteiger partial charge in [0.1, 0.15) is 18.0 Å². The quantitative estimate of drug-likeness (QED) is 0.820. The fraction of sp³-hybridized carbons (Fsp3) is 0.364. The van der Waals surface area contributed by atoms with Gasteiger partial charge in [-0.25, -0.2) is 4.39 Å². The van der Waals surface area contributed by atoms with Crippen molar-refractivity contribution in [2.45, 2.75) is 24.9 Å². The number of anilines is 1. The molecule has 2 fully saturated rings. The molecule has 2 aromatic carbocycles. The van der Waals surface area contributed by atoms with E-state index in [1.54, 1.807) is 21.9 Å². The van der Waals surface area contributed by atoms with Crippen LogP contribution in [0.5, 0.6) is 0 Å². The molecule has 0 bridgehead atoms. The van der Waals surface area contributed by atoms with Gasteiger partial charge in [-0.2, -0.15) is 0 Å². The van der Waals surface area contributed by atoms with E-state index >= 15 is 0 Å². The predicted octanol–water partition coefficient (Wildman–Crippen LogP) is 2.79. The van der Waals surface area contributed by atoms with Crippen LogP contribution in [0.2, 0.25) is 0 Å². The van der Waals surface area contributed by atoms with Gasteiger partial charge in [0.25, 0.3) is 5.91 Å². The van der Waals surface area contributed by atoms with Gasteiger partial charge in [0.2, 0.25) is 5.91 Å². The minimum atomic E-state index is -0.556. The van der Waals surface area contributed by atoms with Crippen molar-refractivity contribution in [3.8, 4) is 0 Å². The van der Waals surface area contributed by atoms with Gasteiger partial charge < -0.3 is 14.5 Å². The van der Waals surface area contributed by atoms with Gasteiger partial charge in [-0.3, -0.25) is 9.59 Å². The van der Waals surface area contributed by atoms with Crippen molar-refractivity contribution < 1.29 is 18.7 Å². The summed E-state index contributed by atoms with van der Waals surface area (Å²) in [6.45, 7) is 1.54. The average Bonchev–Trinajstić information content (AvgIpc) is 2.71. The van der Waals surface area contributed by atoms with Crippen LogP contribution in [-0.2, 0) is 20.7 Å². The largest absolute Gasteiger partial charge is 0.361 e. The molecule has 1 spiro atoms. The lowest BCUT2D eigenvalue weighted by Crippen LogP contribution is -2.62. The summed E-state index contributed by atoms with van der Waals surface area (Å²) in [7, 11) is 0. The summed E-state index contributed by atoms with van der Waals surface area (Å²) in [5.41, 5.74) is 0.952. The van der Waals surface area contributed by atoms with E-state index in [9.17, 15) is 14.0 Å². The van der Waals surface area contributed by atoms with Gasteiger partial charge in [0.05, 0.1) is 19.5 Å². The van der Waals surface area contributed by atoms with E-state index < -0.39 is 5.60 Å². The monoisotopic (exact) mass is 382 g/mol. The number of ether oxygens (including phenoxy) is 1. The van der Waals surface area contributed by atoms with Crippen LogP contribution in [0, 0.1) is 5.82 Å². The maximum Gasteiger partial charge on any atom is 0.253 e.